The second kappa shape index (κ2) is 12.4. The molecule has 0 aromatic heterocycles. The first-order chi connectivity index (χ1) is 15.6. The molecule has 0 radical (unpaired) electrons. The molecule has 0 aliphatic heterocycles. The highest BCUT2D eigenvalue weighted by Crippen LogP contribution is 2.29. The molecule has 1 aliphatic carbocycles. The van der Waals surface area contributed by atoms with E-state index in [1.165, 1.54) is 0 Å². The van der Waals surface area contributed by atoms with Gasteiger partial charge in [-0.2, -0.15) is 0 Å². The topological polar surface area (TPSA) is 76.7 Å². The van der Waals surface area contributed by atoms with Gasteiger partial charge < -0.3 is 20.1 Å². The Hall–Kier alpha value is -2.70. The SMILES string of the molecule is COCc1ccc(CNC(=O)C2CCCC(C(=O)NCc3ccc(COC)cc3)C2)cc1. The standard InChI is InChI=1S/C26H34N2O4/c1-31-17-21-10-6-19(7-11-21)15-27-25(29)23-4-3-5-24(14-23)26(30)28-16-20-8-12-22(13-9-20)18-32-2/h6-13,23-24H,3-5,14-18H2,1-2H3,(H,27,29)(H,28,30). The number of rotatable bonds is 10. The van der Waals surface area contributed by atoms with E-state index in [1.54, 1.807) is 14.2 Å². The molecule has 0 saturated heterocycles. The predicted molar refractivity (Wildman–Crippen MR) is 123 cm³/mol. The van der Waals surface area contributed by atoms with Crippen LogP contribution in [-0.4, -0.2) is 26.0 Å². The Balaban J connectivity index is 1.44. The first kappa shape index (κ1) is 24.0. The number of hydrogen-bond donors (Lipinski definition) is 2. The average molecular weight is 439 g/mol. The molecular formula is C26H34N2O4. The molecule has 6 heteroatoms. The minimum Gasteiger partial charge on any atom is -0.380 e. The van der Waals surface area contributed by atoms with Gasteiger partial charge >= 0.3 is 0 Å². The zero-order valence-corrected chi connectivity index (χ0v) is 19.1. The van der Waals surface area contributed by atoms with Gasteiger partial charge in [0, 0.05) is 39.1 Å². The number of nitrogens with one attached hydrogen (secondary N) is 2. The molecule has 1 aliphatic rings. The van der Waals surface area contributed by atoms with Crippen molar-refractivity contribution < 1.29 is 19.1 Å². The van der Waals surface area contributed by atoms with Crippen molar-refractivity contribution in [3.05, 3.63) is 70.8 Å². The quantitative estimate of drug-likeness (QED) is 0.593. The number of carbonyl (C=O) groups excluding carboxylic acids is 2. The summed E-state index contributed by atoms with van der Waals surface area (Å²) in [5.41, 5.74) is 4.32. The predicted octanol–water partition coefficient (Wildman–Crippen LogP) is 3.72. The Morgan fingerprint density at radius 1 is 0.719 bits per heavy atom. The smallest absolute Gasteiger partial charge is 0.223 e. The van der Waals surface area contributed by atoms with Crippen LogP contribution in [0.25, 0.3) is 0 Å². The zero-order chi connectivity index (χ0) is 22.8. The van der Waals surface area contributed by atoms with Gasteiger partial charge in [-0.25, -0.2) is 0 Å². The normalized spacial score (nSPS) is 18.2. The van der Waals surface area contributed by atoms with E-state index in [-0.39, 0.29) is 23.7 Å². The molecule has 3 rings (SSSR count). The molecule has 2 aromatic carbocycles. The van der Waals surface area contributed by atoms with Gasteiger partial charge in [0.2, 0.25) is 11.8 Å². The van der Waals surface area contributed by atoms with Gasteiger partial charge in [0.05, 0.1) is 13.2 Å². The van der Waals surface area contributed by atoms with Gasteiger partial charge in [-0.05, 0) is 41.5 Å². The molecule has 1 saturated carbocycles. The lowest BCUT2D eigenvalue weighted by Gasteiger charge is -2.27. The molecule has 0 spiro atoms. The van der Waals surface area contributed by atoms with Crippen LogP contribution in [0, 0.1) is 11.8 Å². The molecule has 2 aromatic rings. The highest BCUT2D eigenvalue weighted by atomic mass is 16.5. The summed E-state index contributed by atoms with van der Waals surface area (Å²) < 4.78 is 10.2. The van der Waals surface area contributed by atoms with E-state index in [0.717, 1.165) is 41.5 Å². The van der Waals surface area contributed by atoms with Crippen LogP contribution in [-0.2, 0) is 45.4 Å². The van der Waals surface area contributed by atoms with Gasteiger partial charge in [0.15, 0.2) is 0 Å². The second-order valence-corrected chi connectivity index (χ2v) is 8.50. The number of amides is 2. The third-order valence-corrected chi connectivity index (χ3v) is 6.02. The third kappa shape index (κ3) is 7.18. The molecule has 32 heavy (non-hydrogen) atoms. The van der Waals surface area contributed by atoms with Crippen molar-refractivity contribution in [3.8, 4) is 0 Å². The lowest BCUT2D eigenvalue weighted by Crippen LogP contribution is -2.38. The molecule has 172 valence electrons. The van der Waals surface area contributed by atoms with Crippen molar-refractivity contribution in [1.82, 2.24) is 10.6 Å². The number of hydrogen-bond acceptors (Lipinski definition) is 4. The highest BCUT2D eigenvalue weighted by molar-refractivity contribution is 5.82. The molecule has 2 N–H and O–H groups in total. The van der Waals surface area contributed by atoms with E-state index in [1.807, 2.05) is 48.5 Å². The van der Waals surface area contributed by atoms with Gasteiger partial charge in [0.25, 0.3) is 0 Å². The summed E-state index contributed by atoms with van der Waals surface area (Å²) in [6.07, 6.45) is 3.18. The Morgan fingerprint density at radius 3 is 1.47 bits per heavy atom. The third-order valence-electron chi connectivity index (χ3n) is 6.02. The Bertz CT molecular complexity index is 793. The fraction of sp³-hybridized carbons (Fsp3) is 0.462. The average Bonchev–Trinajstić information content (AvgIpc) is 2.83. The summed E-state index contributed by atoms with van der Waals surface area (Å²) >= 11 is 0. The van der Waals surface area contributed by atoms with E-state index >= 15 is 0 Å². The minimum absolute atomic E-state index is 0.0391. The Morgan fingerprint density at radius 2 is 1.09 bits per heavy atom. The highest BCUT2D eigenvalue weighted by Gasteiger charge is 2.30. The van der Waals surface area contributed by atoms with E-state index < -0.39 is 0 Å². The first-order valence-corrected chi connectivity index (χ1v) is 11.3. The van der Waals surface area contributed by atoms with Crippen LogP contribution in [0.5, 0.6) is 0 Å². The van der Waals surface area contributed by atoms with Gasteiger partial charge in [-0.1, -0.05) is 55.0 Å². The number of methoxy groups -OCH3 is 2. The van der Waals surface area contributed by atoms with Crippen molar-refractivity contribution in [2.45, 2.75) is 52.0 Å². The van der Waals surface area contributed by atoms with E-state index in [0.29, 0.717) is 32.7 Å². The Labute approximate surface area is 190 Å². The summed E-state index contributed by atoms with van der Waals surface area (Å²) in [7, 11) is 3.35. The molecule has 2 unspecified atom stereocenters. The summed E-state index contributed by atoms with van der Waals surface area (Å²) in [6.45, 7) is 2.16. The lowest BCUT2D eigenvalue weighted by molar-refractivity contribution is -0.130. The summed E-state index contributed by atoms with van der Waals surface area (Å²) in [5, 5.41) is 6.08. The van der Waals surface area contributed by atoms with Gasteiger partial charge in [0.1, 0.15) is 0 Å². The van der Waals surface area contributed by atoms with Crippen LogP contribution in [0.1, 0.15) is 47.9 Å². The molecule has 2 amide bonds. The van der Waals surface area contributed by atoms with Crippen LogP contribution in [0.15, 0.2) is 48.5 Å². The second-order valence-electron chi connectivity index (χ2n) is 8.50. The molecule has 0 bridgehead atoms. The van der Waals surface area contributed by atoms with Crippen molar-refractivity contribution in [2.24, 2.45) is 11.8 Å². The van der Waals surface area contributed by atoms with Crippen LogP contribution < -0.4 is 10.6 Å². The molecule has 6 nitrogen and oxygen atoms in total. The summed E-state index contributed by atoms with van der Waals surface area (Å²) in [6, 6.07) is 16.1. The maximum Gasteiger partial charge on any atom is 0.223 e. The fourth-order valence-corrected chi connectivity index (χ4v) is 4.17. The maximum atomic E-state index is 12.7. The Kier molecular flexibility index (Phi) is 9.26. The van der Waals surface area contributed by atoms with Gasteiger partial charge in [-0.15, -0.1) is 0 Å². The minimum atomic E-state index is -0.111. The number of carbonyl (C=O) groups is 2. The lowest BCUT2D eigenvalue weighted by atomic mass is 9.80. The van der Waals surface area contributed by atoms with Crippen molar-refractivity contribution in [2.75, 3.05) is 14.2 Å². The summed E-state index contributed by atoms with van der Waals surface area (Å²) in [5.74, 6) is -0.143. The van der Waals surface area contributed by atoms with Gasteiger partial charge in [-0.3, -0.25) is 9.59 Å². The van der Waals surface area contributed by atoms with Crippen molar-refractivity contribution in [3.63, 3.8) is 0 Å². The van der Waals surface area contributed by atoms with E-state index in [9.17, 15) is 9.59 Å². The zero-order valence-electron chi connectivity index (χ0n) is 19.1. The number of benzene rings is 2. The van der Waals surface area contributed by atoms with Crippen LogP contribution in [0.4, 0.5) is 0 Å². The molecular weight excluding hydrogens is 404 g/mol. The summed E-state index contributed by atoms with van der Waals surface area (Å²) in [4.78, 5) is 25.4. The number of ether oxygens (including phenoxy) is 2. The molecule has 1 fully saturated rings. The van der Waals surface area contributed by atoms with Crippen molar-refractivity contribution >= 4 is 11.8 Å². The fourth-order valence-electron chi connectivity index (χ4n) is 4.17. The van der Waals surface area contributed by atoms with Crippen LogP contribution in [0.3, 0.4) is 0 Å². The first-order valence-electron chi connectivity index (χ1n) is 11.3. The molecule has 0 heterocycles. The monoisotopic (exact) mass is 438 g/mol. The largest absolute Gasteiger partial charge is 0.380 e. The molecule has 2 atom stereocenters. The van der Waals surface area contributed by atoms with Crippen LogP contribution >= 0.6 is 0 Å². The van der Waals surface area contributed by atoms with E-state index in [4.69, 9.17) is 9.47 Å². The maximum absolute atomic E-state index is 12.7. The van der Waals surface area contributed by atoms with Crippen LogP contribution in [0.2, 0.25) is 0 Å². The van der Waals surface area contributed by atoms with E-state index in [2.05, 4.69) is 10.6 Å². The van der Waals surface area contributed by atoms with Crippen molar-refractivity contribution in [1.29, 1.82) is 0 Å².